The lowest BCUT2D eigenvalue weighted by atomic mass is 10.3. The first-order valence-corrected chi connectivity index (χ1v) is 3.54. The third-order valence-corrected chi connectivity index (χ3v) is 1.42. The van der Waals surface area contributed by atoms with Gasteiger partial charge in [0.15, 0.2) is 0 Å². The van der Waals surface area contributed by atoms with E-state index >= 15 is 0 Å². The Bertz CT molecular complexity index is 538. The lowest BCUT2D eigenvalue weighted by molar-refractivity contribution is 0.122. The highest BCUT2D eigenvalue weighted by atomic mass is 16.5. The first-order valence-electron chi connectivity index (χ1n) is 7.54. The minimum Gasteiger partial charge on any atom is -0.397 e. The van der Waals surface area contributed by atoms with Crippen LogP contribution >= 0.6 is 0 Å². The second kappa shape index (κ2) is 3.62. The predicted molar refractivity (Wildman–Crippen MR) is 51.7 cm³/mol. The van der Waals surface area contributed by atoms with Crippen molar-refractivity contribution in [3.05, 3.63) is 18.5 Å². The predicted octanol–water partition coefficient (Wildman–Crippen LogP) is 0.500. The summed E-state index contributed by atoms with van der Waals surface area (Å²) >= 11 is 0. The van der Waals surface area contributed by atoms with Crippen molar-refractivity contribution in [1.29, 1.82) is 0 Å². The smallest absolute Gasteiger partial charge is 0.0642 e. The van der Waals surface area contributed by atoms with Gasteiger partial charge in [0.1, 0.15) is 0 Å². The highest BCUT2D eigenvalue weighted by Gasteiger charge is 2.10. The lowest BCUT2D eigenvalue weighted by Gasteiger charge is -2.28. The van der Waals surface area contributed by atoms with Gasteiger partial charge in [0.25, 0.3) is 0 Å². The van der Waals surface area contributed by atoms with Gasteiger partial charge in [-0.3, -0.25) is 4.98 Å². The molecule has 0 aromatic carbocycles. The first kappa shape index (κ1) is 3.13. The number of hydrogen-bond acceptors (Lipinski definition) is 4. The Hall–Kier alpha value is -1.29. The van der Waals surface area contributed by atoms with Gasteiger partial charge in [0.2, 0.25) is 0 Å². The first-order chi connectivity index (χ1) is 9.33. The van der Waals surface area contributed by atoms with Crippen LogP contribution in [0.3, 0.4) is 0 Å². The maximum atomic E-state index is 7.84. The second-order valence-corrected chi connectivity index (χ2v) is 2.34. The molecule has 1 aliphatic heterocycles. The molecule has 4 nitrogen and oxygen atoms in total. The molecule has 0 amide bonds. The molecule has 0 spiro atoms. The van der Waals surface area contributed by atoms with Crippen LogP contribution in [0.1, 0.15) is 11.0 Å². The highest BCUT2D eigenvalue weighted by molar-refractivity contribution is 5.53. The SMILES string of the molecule is [2H]C1([2H])OC([2H])([2H])C([2H])([2H])N(c2cncc(N)c2)C1([2H])[2H]. The number of nitrogens with zero attached hydrogens (tertiary/aromatic N) is 2. The molecule has 1 aliphatic rings. The van der Waals surface area contributed by atoms with Crippen molar-refractivity contribution in [3.8, 4) is 0 Å². The summed E-state index contributed by atoms with van der Waals surface area (Å²) in [6.07, 6.45) is 2.32. The van der Waals surface area contributed by atoms with Crippen LogP contribution in [0.4, 0.5) is 11.4 Å². The number of pyridine rings is 1. The molecule has 0 aliphatic carbocycles. The minimum absolute atomic E-state index is 0.103. The van der Waals surface area contributed by atoms with Gasteiger partial charge < -0.3 is 15.4 Å². The second-order valence-electron chi connectivity index (χ2n) is 2.34. The lowest BCUT2D eigenvalue weighted by Crippen LogP contribution is -2.36. The average molecular weight is 187 g/mol. The monoisotopic (exact) mass is 187 g/mol. The summed E-state index contributed by atoms with van der Waals surface area (Å²) in [5, 5.41) is 0. The zero-order valence-electron chi connectivity index (χ0n) is 14.6. The van der Waals surface area contributed by atoms with E-state index in [1.54, 1.807) is 0 Å². The van der Waals surface area contributed by atoms with E-state index in [-0.39, 0.29) is 11.4 Å². The van der Waals surface area contributed by atoms with Gasteiger partial charge in [-0.15, -0.1) is 0 Å². The fourth-order valence-electron chi connectivity index (χ4n) is 0.887. The molecular weight excluding hydrogens is 166 g/mol. The Kier molecular flexibility index (Phi) is 0.871. The van der Waals surface area contributed by atoms with Gasteiger partial charge in [0, 0.05) is 19.2 Å². The largest absolute Gasteiger partial charge is 0.397 e. The molecule has 1 aromatic heterocycles. The average Bonchev–Trinajstić information content (AvgIpc) is 2.24. The maximum Gasteiger partial charge on any atom is 0.0642 e. The molecule has 0 radical (unpaired) electrons. The molecular formula is C9H13N3O. The number of rotatable bonds is 1. The summed E-state index contributed by atoms with van der Waals surface area (Å²) in [5.74, 6) is 0. The third kappa shape index (κ3) is 1.89. The van der Waals surface area contributed by atoms with Gasteiger partial charge in [-0.2, -0.15) is 0 Å². The molecule has 0 saturated carbocycles. The zero-order chi connectivity index (χ0) is 16.3. The van der Waals surface area contributed by atoms with E-state index in [2.05, 4.69) is 9.72 Å². The van der Waals surface area contributed by atoms with Crippen LogP contribution in [0.5, 0.6) is 0 Å². The molecule has 13 heavy (non-hydrogen) atoms. The summed E-state index contributed by atoms with van der Waals surface area (Å²) in [4.78, 5) is 4.03. The van der Waals surface area contributed by atoms with Gasteiger partial charge in [-0.1, -0.05) is 0 Å². The van der Waals surface area contributed by atoms with E-state index in [0.29, 0.717) is 4.90 Å². The molecule has 1 aromatic rings. The van der Waals surface area contributed by atoms with Gasteiger partial charge >= 0.3 is 0 Å². The van der Waals surface area contributed by atoms with Crippen molar-refractivity contribution in [3.63, 3.8) is 0 Å². The summed E-state index contributed by atoms with van der Waals surface area (Å²) in [6, 6.07) is 1.18. The van der Waals surface area contributed by atoms with Crippen LogP contribution in [-0.2, 0) is 4.74 Å². The molecule has 0 unspecified atom stereocenters. The van der Waals surface area contributed by atoms with Crippen molar-refractivity contribution < 1.29 is 15.7 Å². The van der Waals surface area contributed by atoms with Crippen LogP contribution in [0.25, 0.3) is 0 Å². The Morgan fingerprint density at radius 2 is 2.23 bits per heavy atom. The number of hydrogen-bond donors (Lipinski definition) is 1. The number of aromatic nitrogens is 1. The fraction of sp³-hybridized carbons (Fsp3) is 0.444. The Morgan fingerprint density at radius 3 is 2.92 bits per heavy atom. The highest BCUT2D eigenvalue weighted by Crippen LogP contribution is 2.16. The summed E-state index contributed by atoms with van der Waals surface area (Å²) in [6.45, 7) is -12.2. The van der Waals surface area contributed by atoms with E-state index < -0.39 is 26.1 Å². The summed E-state index contributed by atoms with van der Waals surface area (Å²) < 4.78 is 66.0. The van der Waals surface area contributed by atoms with Crippen molar-refractivity contribution in [1.82, 2.24) is 4.98 Å². The van der Waals surface area contributed by atoms with E-state index in [9.17, 15) is 0 Å². The molecule has 2 heterocycles. The van der Waals surface area contributed by atoms with Gasteiger partial charge in [0.05, 0.1) is 41.7 Å². The van der Waals surface area contributed by atoms with Crippen molar-refractivity contribution in [2.45, 2.75) is 0 Å². The maximum absolute atomic E-state index is 7.84. The minimum atomic E-state index is -3.09. The van der Waals surface area contributed by atoms with E-state index in [1.807, 2.05) is 0 Å². The van der Waals surface area contributed by atoms with Crippen molar-refractivity contribution in [2.75, 3.05) is 36.7 Å². The van der Waals surface area contributed by atoms with Crippen LogP contribution in [0.15, 0.2) is 18.5 Å². The van der Waals surface area contributed by atoms with Crippen molar-refractivity contribution >= 4 is 11.4 Å². The summed E-state index contributed by atoms with van der Waals surface area (Å²) in [5.41, 5.74) is 5.43. The van der Waals surface area contributed by atoms with E-state index in [0.717, 1.165) is 6.20 Å². The molecule has 2 N–H and O–H groups in total. The van der Waals surface area contributed by atoms with E-state index in [1.165, 1.54) is 12.3 Å². The van der Waals surface area contributed by atoms with Crippen LogP contribution in [-0.4, -0.2) is 31.1 Å². The molecule has 4 heteroatoms. The van der Waals surface area contributed by atoms with E-state index in [4.69, 9.17) is 16.7 Å². The topological polar surface area (TPSA) is 51.4 Å². The van der Waals surface area contributed by atoms with Crippen molar-refractivity contribution in [2.24, 2.45) is 0 Å². The Labute approximate surface area is 88.6 Å². The van der Waals surface area contributed by atoms with Crippen LogP contribution in [0, 0.1) is 0 Å². The quantitative estimate of drug-likeness (QED) is 0.695. The number of morpholine rings is 1. The Morgan fingerprint density at radius 1 is 1.46 bits per heavy atom. The van der Waals surface area contributed by atoms with Crippen LogP contribution in [0.2, 0.25) is 0 Å². The van der Waals surface area contributed by atoms with Crippen LogP contribution < -0.4 is 10.6 Å². The zero-order valence-corrected chi connectivity index (χ0v) is 6.61. The van der Waals surface area contributed by atoms with Gasteiger partial charge in [-0.25, -0.2) is 0 Å². The third-order valence-electron chi connectivity index (χ3n) is 1.42. The molecule has 2 rings (SSSR count). The summed E-state index contributed by atoms with van der Waals surface area (Å²) in [7, 11) is 0. The molecule has 1 fully saturated rings. The Balaban J connectivity index is 2.67. The van der Waals surface area contributed by atoms with Gasteiger partial charge in [-0.05, 0) is 6.07 Å². The standard InChI is InChI=1S/C9H13N3O/c10-8-5-9(7-11-6-8)12-1-3-13-4-2-12/h5-7H,1-4,10H2/i1D2,2D2,3D2,4D2. The molecule has 1 saturated heterocycles. The molecule has 70 valence electrons. The fourth-order valence-corrected chi connectivity index (χ4v) is 0.887. The number of ether oxygens (including phenoxy) is 1. The number of nitrogens with two attached hydrogens (primary N) is 1. The number of anilines is 2. The normalized spacial score (nSPS) is 42.0. The number of nitrogen functional groups attached to an aromatic ring is 1. The molecule has 0 atom stereocenters. The molecule has 0 bridgehead atoms.